The van der Waals surface area contributed by atoms with E-state index in [0.29, 0.717) is 6.41 Å². The highest BCUT2D eigenvalue weighted by atomic mass is 19.4. The number of hydroxylamine groups is 1. The highest BCUT2D eigenvalue weighted by molar-refractivity contribution is 5.44. The van der Waals surface area contributed by atoms with Crippen molar-refractivity contribution in [1.82, 2.24) is 5.48 Å². The molecule has 0 saturated carbocycles. The first-order valence-electron chi connectivity index (χ1n) is 1.43. The van der Waals surface area contributed by atoms with Crippen LogP contribution in [0.4, 0.5) is 13.2 Å². The number of halogens is 3. The van der Waals surface area contributed by atoms with E-state index in [4.69, 9.17) is 4.79 Å². The summed E-state index contributed by atoms with van der Waals surface area (Å²) >= 11 is 0. The van der Waals surface area contributed by atoms with Crippen LogP contribution in [0.5, 0.6) is 0 Å². The van der Waals surface area contributed by atoms with Gasteiger partial charge in [0.25, 0.3) is 0 Å². The monoisotopic (exact) mass is 128 g/mol. The Morgan fingerprint density at radius 2 is 2.00 bits per heavy atom. The van der Waals surface area contributed by atoms with Crippen LogP contribution in [-0.2, 0) is 9.63 Å². The molecule has 3 nitrogen and oxygen atoms in total. The van der Waals surface area contributed by atoms with Gasteiger partial charge >= 0.3 is 12.8 Å². The standard InChI is InChI=1S/C2HF3NO2/c3-2(4,5)8-6-1-7/h(H,6,7). The average Bonchev–Trinajstić information content (AvgIpc) is 1.59. The van der Waals surface area contributed by atoms with Crippen LogP contribution in [0.1, 0.15) is 0 Å². The summed E-state index contributed by atoms with van der Waals surface area (Å²) in [5.41, 5.74) is 0.858. The average molecular weight is 128 g/mol. The lowest BCUT2D eigenvalue weighted by atomic mass is 11.3. The molecule has 1 radical (unpaired) electrons. The second-order valence-electron chi connectivity index (χ2n) is 0.752. The summed E-state index contributed by atoms with van der Waals surface area (Å²) in [6.07, 6.45) is -4.14. The molecule has 0 heterocycles. The first kappa shape index (κ1) is 7.22. The Kier molecular flexibility index (Phi) is 2.26. The maximum absolute atomic E-state index is 10.8. The maximum Gasteiger partial charge on any atom is 0.543 e. The molecule has 0 bridgehead atoms. The van der Waals surface area contributed by atoms with Gasteiger partial charge < -0.3 is 0 Å². The molecule has 0 aliphatic rings. The van der Waals surface area contributed by atoms with E-state index in [1.165, 1.54) is 0 Å². The number of hydrogen-bond acceptors (Lipinski definition) is 2. The van der Waals surface area contributed by atoms with Crippen molar-refractivity contribution in [2.75, 3.05) is 0 Å². The normalized spacial score (nSPS) is 10.9. The van der Waals surface area contributed by atoms with E-state index >= 15 is 0 Å². The van der Waals surface area contributed by atoms with Crippen LogP contribution in [0.3, 0.4) is 0 Å². The van der Waals surface area contributed by atoms with Gasteiger partial charge in [-0.1, -0.05) is 0 Å². The molecule has 0 spiro atoms. The lowest BCUT2D eigenvalue weighted by molar-refractivity contribution is -0.341. The van der Waals surface area contributed by atoms with Gasteiger partial charge in [-0.25, -0.2) is 5.48 Å². The van der Waals surface area contributed by atoms with Gasteiger partial charge in [0.15, 0.2) is 0 Å². The van der Waals surface area contributed by atoms with Crippen LogP contribution in [-0.4, -0.2) is 12.8 Å². The fourth-order valence-electron chi connectivity index (χ4n) is 0.0787. The predicted molar refractivity (Wildman–Crippen MR) is 16.0 cm³/mol. The van der Waals surface area contributed by atoms with Gasteiger partial charge in [-0.2, -0.15) is 4.84 Å². The third-order valence-corrected chi connectivity index (χ3v) is 0.208. The molecule has 8 heavy (non-hydrogen) atoms. The minimum atomic E-state index is -4.82. The number of alkyl halides is 3. The van der Waals surface area contributed by atoms with Crippen molar-refractivity contribution in [3.05, 3.63) is 0 Å². The van der Waals surface area contributed by atoms with Crippen molar-refractivity contribution in [3.8, 4) is 0 Å². The van der Waals surface area contributed by atoms with Crippen LogP contribution < -0.4 is 5.48 Å². The molecule has 0 aliphatic carbocycles. The molecule has 0 fully saturated rings. The number of hydrogen-bond donors (Lipinski definition) is 1. The lowest BCUT2D eigenvalue weighted by Crippen LogP contribution is -2.23. The molecule has 6 heteroatoms. The third kappa shape index (κ3) is 5.22. The van der Waals surface area contributed by atoms with Gasteiger partial charge in [-0.05, 0) is 0 Å². The van der Waals surface area contributed by atoms with Crippen molar-refractivity contribution in [3.63, 3.8) is 0 Å². The first-order valence-corrected chi connectivity index (χ1v) is 1.43. The molecular formula is C2HF3NO2. The molecular weight excluding hydrogens is 127 g/mol. The van der Waals surface area contributed by atoms with E-state index in [9.17, 15) is 13.2 Å². The summed E-state index contributed by atoms with van der Waals surface area (Å²) in [6, 6.07) is 0. The van der Waals surface area contributed by atoms with Gasteiger partial charge in [0.05, 0.1) is 0 Å². The summed E-state index contributed by atoms with van der Waals surface area (Å²) in [5, 5.41) is 0. The molecule has 0 atom stereocenters. The molecule has 0 saturated heterocycles. The van der Waals surface area contributed by atoms with Crippen molar-refractivity contribution >= 4 is 6.41 Å². The van der Waals surface area contributed by atoms with Crippen molar-refractivity contribution in [1.29, 1.82) is 0 Å². The van der Waals surface area contributed by atoms with Crippen LogP contribution in [0, 0.1) is 0 Å². The SMILES string of the molecule is O=[C]NOC(F)(F)F. The topological polar surface area (TPSA) is 38.3 Å². The molecule has 47 valence electrons. The Balaban J connectivity index is 3.24. The number of nitrogens with one attached hydrogen (secondary N) is 1. The second kappa shape index (κ2) is 2.51. The summed E-state index contributed by atoms with van der Waals surface area (Å²) in [5.74, 6) is 0. The highest BCUT2D eigenvalue weighted by Crippen LogP contribution is 2.13. The van der Waals surface area contributed by atoms with E-state index in [1.807, 2.05) is 0 Å². The molecule has 0 unspecified atom stereocenters. The second-order valence-corrected chi connectivity index (χ2v) is 0.752. The van der Waals surface area contributed by atoms with E-state index in [0.717, 1.165) is 5.48 Å². The molecule has 1 N–H and O–H groups in total. The van der Waals surface area contributed by atoms with Gasteiger partial charge in [0.1, 0.15) is 0 Å². The predicted octanol–water partition coefficient (Wildman–Crippen LogP) is 0.0946. The quantitative estimate of drug-likeness (QED) is 0.423. The van der Waals surface area contributed by atoms with Crippen LogP contribution in [0.15, 0.2) is 0 Å². The van der Waals surface area contributed by atoms with E-state index in [-0.39, 0.29) is 0 Å². The Morgan fingerprint density at radius 3 is 2.12 bits per heavy atom. The smallest absolute Gasteiger partial charge is 0.261 e. The summed E-state index contributed by atoms with van der Waals surface area (Å²) in [4.78, 5) is 11.7. The summed E-state index contributed by atoms with van der Waals surface area (Å²) < 4.78 is 32.3. The van der Waals surface area contributed by atoms with Gasteiger partial charge in [0, 0.05) is 0 Å². The number of amides is 1. The first-order chi connectivity index (χ1) is 3.56. The summed E-state index contributed by atoms with van der Waals surface area (Å²) in [7, 11) is 0. The highest BCUT2D eigenvalue weighted by Gasteiger charge is 2.29. The minimum Gasteiger partial charge on any atom is -0.261 e. The Labute approximate surface area is 42.4 Å². The van der Waals surface area contributed by atoms with Crippen LogP contribution in [0.25, 0.3) is 0 Å². The van der Waals surface area contributed by atoms with Crippen LogP contribution >= 0.6 is 0 Å². The van der Waals surface area contributed by atoms with E-state index < -0.39 is 6.36 Å². The Morgan fingerprint density at radius 1 is 1.50 bits per heavy atom. The molecule has 0 aromatic heterocycles. The van der Waals surface area contributed by atoms with Crippen molar-refractivity contribution in [2.24, 2.45) is 0 Å². The van der Waals surface area contributed by atoms with E-state index in [1.54, 1.807) is 0 Å². The zero-order valence-electron chi connectivity index (χ0n) is 3.45. The molecule has 0 aromatic rings. The van der Waals surface area contributed by atoms with Gasteiger partial charge in [-0.15, -0.1) is 13.2 Å². The third-order valence-electron chi connectivity index (χ3n) is 0.208. The Bertz CT molecular complexity index is 79.8. The zero-order chi connectivity index (χ0) is 6.62. The molecule has 0 aliphatic heterocycles. The van der Waals surface area contributed by atoms with Crippen molar-refractivity contribution in [2.45, 2.75) is 6.36 Å². The fourth-order valence-corrected chi connectivity index (χ4v) is 0.0787. The van der Waals surface area contributed by atoms with Crippen LogP contribution in [0.2, 0.25) is 0 Å². The zero-order valence-corrected chi connectivity index (χ0v) is 3.45. The number of rotatable bonds is 2. The fraction of sp³-hybridized carbons (Fsp3) is 0.500. The summed E-state index contributed by atoms with van der Waals surface area (Å²) in [6.45, 7) is 0. The largest absolute Gasteiger partial charge is 0.543 e. The molecule has 0 aromatic carbocycles. The van der Waals surface area contributed by atoms with Crippen molar-refractivity contribution < 1.29 is 22.8 Å². The Hall–Kier alpha value is -0.780. The molecule has 1 amide bonds. The van der Waals surface area contributed by atoms with Gasteiger partial charge in [0.2, 0.25) is 0 Å². The lowest BCUT2D eigenvalue weighted by Gasteiger charge is -2.00. The minimum absolute atomic E-state index is 0.682. The van der Waals surface area contributed by atoms with E-state index in [2.05, 4.69) is 4.84 Å². The molecule has 0 rings (SSSR count). The number of carbonyl (C=O) groups excluding carboxylic acids is 1. The van der Waals surface area contributed by atoms with Gasteiger partial charge in [-0.3, -0.25) is 4.79 Å². The maximum atomic E-state index is 10.8.